The predicted molar refractivity (Wildman–Crippen MR) is 83.5 cm³/mol. The molecule has 0 amide bonds. The Morgan fingerprint density at radius 3 is 2.40 bits per heavy atom. The number of nitrogens with zero attached hydrogens (tertiary/aromatic N) is 2. The quantitative estimate of drug-likeness (QED) is 0.834. The van der Waals surface area contributed by atoms with E-state index in [1.165, 1.54) is 49.7 Å². The van der Waals surface area contributed by atoms with Crippen molar-refractivity contribution in [2.24, 2.45) is 7.05 Å². The molecule has 0 unspecified atom stereocenters. The maximum absolute atomic E-state index is 6.16. The molecule has 1 saturated carbocycles. The number of aryl methyl sites for hydroxylation is 1. The zero-order valence-electron chi connectivity index (χ0n) is 12.2. The summed E-state index contributed by atoms with van der Waals surface area (Å²) in [7, 11) is 1.90. The first-order chi connectivity index (χ1) is 9.77. The Balaban J connectivity index is 2.01. The summed E-state index contributed by atoms with van der Waals surface area (Å²) in [6, 6.07) is 8.71. The number of aromatic nitrogens is 2. The van der Waals surface area contributed by atoms with Gasteiger partial charge < -0.3 is 5.73 Å². The van der Waals surface area contributed by atoms with Crippen LogP contribution in [0, 0.1) is 0 Å². The second kappa shape index (κ2) is 5.70. The molecule has 1 fully saturated rings. The van der Waals surface area contributed by atoms with E-state index in [1.54, 1.807) is 4.68 Å². The highest BCUT2D eigenvalue weighted by Gasteiger charge is 2.19. The van der Waals surface area contributed by atoms with Crippen molar-refractivity contribution in [3.05, 3.63) is 36.0 Å². The number of hydrogen-bond donors (Lipinski definition) is 1. The first kappa shape index (κ1) is 13.2. The minimum Gasteiger partial charge on any atom is -0.383 e. The van der Waals surface area contributed by atoms with E-state index in [0.717, 1.165) is 11.4 Å². The van der Waals surface area contributed by atoms with Crippen molar-refractivity contribution >= 4 is 5.82 Å². The molecule has 0 radical (unpaired) electrons. The smallest absolute Gasteiger partial charge is 0.129 e. The summed E-state index contributed by atoms with van der Waals surface area (Å²) in [5, 5.41) is 4.29. The van der Waals surface area contributed by atoms with Crippen LogP contribution in [0.4, 0.5) is 5.82 Å². The van der Waals surface area contributed by atoms with Crippen LogP contribution >= 0.6 is 0 Å². The highest BCUT2D eigenvalue weighted by molar-refractivity contribution is 5.76. The molecule has 2 N–H and O–H groups in total. The van der Waals surface area contributed by atoms with Crippen LogP contribution in [-0.2, 0) is 7.05 Å². The number of nitrogen functional groups attached to an aromatic ring is 1. The van der Waals surface area contributed by atoms with Gasteiger partial charge >= 0.3 is 0 Å². The van der Waals surface area contributed by atoms with Gasteiger partial charge in [0.1, 0.15) is 5.82 Å². The molecule has 0 bridgehead atoms. The lowest BCUT2D eigenvalue weighted by molar-refractivity contribution is 0.594. The summed E-state index contributed by atoms with van der Waals surface area (Å²) in [4.78, 5) is 0. The molecule has 0 saturated heterocycles. The minimum atomic E-state index is 0.674. The summed E-state index contributed by atoms with van der Waals surface area (Å²) in [5.41, 5.74) is 9.96. The molecular formula is C17H23N3. The summed E-state index contributed by atoms with van der Waals surface area (Å²) in [5.74, 6) is 1.43. The number of rotatable bonds is 2. The van der Waals surface area contributed by atoms with Gasteiger partial charge in [0.15, 0.2) is 0 Å². The molecule has 1 aliphatic carbocycles. The normalized spacial score (nSPS) is 17.1. The third kappa shape index (κ3) is 2.45. The van der Waals surface area contributed by atoms with Crippen molar-refractivity contribution in [3.63, 3.8) is 0 Å². The number of anilines is 1. The number of benzene rings is 1. The van der Waals surface area contributed by atoms with Crippen LogP contribution < -0.4 is 5.73 Å². The summed E-state index contributed by atoms with van der Waals surface area (Å²) < 4.78 is 1.75. The molecule has 1 aromatic carbocycles. The lowest BCUT2D eigenvalue weighted by atomic mass is 9.86. The molecule has 3 rings (SSSR count). The topological polar surface area (TPSA) is 43.8 Å². The highest BCUT2D eigenvalue weighted by Crippen LogP contribution is 2.38. The molecule has 2 aromatic rings. The van der Waals surface area contributed by atoms with Gasteiger partial charge in [-0.25, -0.2) is 0 Å². The molecule has 1 aromatic heterocycles. The van der Waals surface area contributed by atoms with Gasteiger partial charge in [-0.05, 0) is 29.9 Å². The van der Waals surface area contributed by atoms with Crippen LogP contribution in [0.1, 0.15) is 50.0 Å². The first-order valence-corrected chi connectivity index (χ1v) is 7.64. The van der Waals surface area contributed by atoms with Gasteiger partial charge in [0.2, 0.25) is 0 Å². The van der Waals surface area contributed by atoms with Gasteiger partial charge in [0.25, 0.3) is 0 Å². The zero-order valence-corrected chi connectivity index (χ0v) is 12.2. The van der Waals surface area contributed by atoms with Crippen LogP contribution in [0.15, 0.2) is 30.5 Å². The van der Waals surface area contributed by atoms with Crippen LogP contribution in [-0.4, -0.2) is 9.78 Å². The SMILES string of the molecule is Cn1ncc(-c2ccccc2C2CCCCCC2)c1N. The first-order valence-electron chi connectivity index (χ1n) is 7.64. The Morgan fingerprint density at radius 2 is 1.75 bits per heavy atom. The number of hydrogen-bond acceptors (Lipinski definition) is 2. The van der Waals surface area contributed by atoms with Crippen LogP contribution in [0.3, 0.4) is 0 Å². The van der Waals surface area contributed by atoms with Crippen molar-refractivity contribution in [2.45, 2.75) is 44.4 Å². The molecule has 20 heavy (non-hydrogen) atoms. The second-order valence-electron chi connectivity index (χ2n) is 5.84. The van der Waals surface area contributed by atoms with E-state index in [2.05, 4.69) is 29.4 Å². The molecule has 1 heterocycles. The third-order valence-corrected chi connectivity index (χ3v) is 4.53. The standard InChI is InChI=1S/C17H23N3/c1-20-17(18)16(12-19-20)15-11-7-6-10-14(15)13-8-4-2-3-5-9-13/h6-7,10-13H,2-5,8-9,18H2,1H3. The molecule has 0 atom stereocenters. The maximum atomic E-state index is 6.16. The molecule has 0 spiro atoms. The molecule has 3 nitrogen and oxygen atoms in total. The Hall–Kier alpha value is -1.77. The number of nitrogens with two attached hydrogens (primary N) is 1. The Kier molecular flexibility index (Phi) is 3.77. The fourth-order valence-electron chi connectivity index (χ4n) is 3.34. The molecule has 0 aliphatic heterocycles. The lowest BCUT2D eigenvalue weighted by Gasteiger charge is -2.18. The second-order valence-corrected chi connectivity index (χ2v) is 5.84. The van der Waals surface area contributed by atoms with E-state index in [-0.39, 0.29) is 0 Å². The summed E-state index contributed by atoms with van der Waals surface area (Å²) >= 11 is 0. The lowest BCUT2D eigenvalue weighted by Crippen LogP contribution is -2.02. The maximum Gasteiger partial charge on any atom is 0.129 e. The van der Waals surface area contributed by atoms with Gasteiger partial charge in [-0.1, -0.05) is 49.9 Å². The molecule has 3 heteroatoms. The van der Waals surface area contributed by atoms with Crippen molar-refractivity contribution in [1.82, 2.24) is 9.78 Å². The summed E-state index contributed by atoms with van der Waals surface area (Å²) in [6.07, 6.45) is 9.96. The van der Waals surface area contributed by atoms with Crippen molar-refractivity contribution in [1.29, 1.82) is 0 Å². The van der Waals surface area contributed by atoms with E-state index >= 15 is 0 Å². The van der Waals surface area contributed by atoms with E-state index in [9.17, 15) is 0 Å². The minimum absolute atomic E-state index is 0.674. The van der Waals surface area contributed by atoms with E-state index < -0.39 is 0 Å². The van der Waals surface area contributed by atoms with Gasteiger partial charge in [0, 0.05) is 12.6 Å². The van der Waals surface area contributed by atoms with Crippen molar-refractivity contribution in [3.8, 4) is 11.1 Å². The predicted octanol–water partition coefficient (Wildman–Crippen LogP) is 4.11. The van der Waals surface area contributed by atoms with Gasteiger partial charge in [-0.2, -0.15) is 5.10 Å². The highest BCUT2D eigenvalue weighted by atomic mass is 15.3. The van der Waals surface area contributed by atoms with Crippen LogP contribution in [0.25, 0.3) is 11.1 Å². The van der Waals surface area contributed by atoms with Crippen molar-refractivity contribution in [2.75, 3.05) is 5.73 Å². The zero-order chi connectivity index (χ0) is 13.9. The molecular weight excluding hydrogens is 246 g/mol. The average Bonchev–Trinajstić information content (AvgIpc) is 2.71. The Morgan fingerprint density at radius 1 is 1.05 bits per heavy atom. The Labute approximate surface area is 120 Å². The summed E-state index contributed by atoms with van der Waals surface area (Å²) in [6.45, 7) is 0. The van der Waals surface area contributed by atoms with Gasteiger partial charge in [0.05, 0.1) is 6.20 Å². The van der Waals surface area contributed by atoms with E-state index in [4.69, 9.17) is 5.73 Å². The van der Waals surface area contributed by atoms with Crippen molar-refractivity contribution < 1.29 is 0 Å². The van der Waals surface area contributed by atoms with E-state index in [0.29, 0.717) is 5.92 Å². The third-order valence-electron chi connectivity index (χ3n) is 4.53. The fraction of sp³-hybridized carbons (Fsp3) is 0.471. The Bertz CT molecular complexity index is 578. The largest absolute Gasteiger partial charge is 0.383 e. The van der Waals surface area contributed by atoms with Crippen LogP contribution in [0.2, 0.25) is 0 Å². The average molecular weight is 269 g/mol. The monoisotopic (exact) mass is 269 g/mol. The van der Waals surface area contributed by atoms with Gasteiger partial charge in [-0.3, -0.25) is 4.68 Å². The fourth-order valence-corrected chi connectivity index (χ4v) is 3.34. The van der Waals surface area contributed by atoms with Gasteiger partial charge in [-0.15, -0.1) is 0 Å². The van der Waals surface area contributed by atoms with E-state index in [1.807, 2.05) is 13.2 Å². The molecule has 1 aliphatic rings. The van der Waals surface area contributed by atoms with Crippen LogP contribution in [0.5, 0.6) is 0 Å². The molecule has 106 valence electrons.